The van der Waals surface area contributed by atoms with Crippen LogP contribution in [0.2, 0.25) is 5.02 Å². The van der Waals surface area contributed by atoms with E-state index in [9.17, 15) is 14.9 Å². The van der Waals surface area contributed by atoms with Crippen molar-refractivity contribution in [2.24, 2.45) is 5.84 Å². The minimum atomic E-state index is -0.661. The molecule has 1 unspecified atom stereocenters. The number of nitrogens with two attached hydrogens (primary N) is 1. The van der Waals surface area contributed by atoms with Crippen molar-refractivity contribution in [1.29, 1.82) is 0 Å². The summed E-state index contributed by atoms with van der Waals surface area (Å²) in [6.45, 7) is 2.31. The van der Waals surface area contributed by atoms with Gasteiger partial charge in [-0.2, -0.15) is 0 Å². The SMILES string of the molecule is COCCC(C)NC(=O)c1cc(Cl)c(NN)c([N+](=O)[O-])c1. The Kier molecular flexibility index (Phi) is 6.35. The van der Waals surface area contributed by atoms with Crippen LogP contribution in [0.1, 0.15) is 23.7 Å². The number of nitrogens with zero attached hydrogens (tertiary/aromatic N) is 1. The van der Waals surface area contributed by atoms with E-state index in [-0.39, 0.29) is 28.0 Å². The van der Waals surface area contributed by atoms with E-state index < -0.39 is 10.8 Å². The van der Waals surface area contributed by atoms with Gasteiger partial charge in [0.1, 0.15) is 5.69 Å². The van der Waals surface area contributed by atoms with Gasteiger partial charge in [0, 0.05) is 31.4 Å². The lowest BCUT2D eigenvalue weighted by Gasteiger charge is -2.14. The van der Waals surface area contributed by atoms with E-state index >= 15 is 0 Å². The average molecular weight is 317 g/mol. The molecular formula is C12H17ClN4O4. The maximum absolute atomic E-state index is 12.1. The van der Waals surface area contributed by atoms with Gasteiger partial charge in [-0.05, 0) is 19.4 Å². The number of methoxy groups -OCH3 is 1. The predicted octanol–water partition coefficient (Wildman–Crippen LogP) is 1.69. The third kappa shape index (κ3) is 4.55. The summed E-state index contributed by atoms with van der Waals surface area (Å²) in [4.78, 5) is 22.4. The zero-order valence-corrected chi connectivity index (χ0v) is 12.4. The van der Waals surface area contributed by atoms with Crippen LogP contribution in [-0.4, -0.2) is 30.6 Å². The number of carbonyl (C=O) groups is 1. The Hall–Kier alpha value is -1.90. The second kappa shape index (κ2) is 7.77. The molecule has 0 aliphatic carbocycles. The van der Waals surface area contributed by atoms with E-state index in [0.29, 0.717) is 13.0 Å². The molecule has 21 heavy (non-hydrogen) atoms. The lowest BCUT2D eigenvalue weighted by Crippen LogP contribution is -2.33. The van der Waals surface area contributed by atoms with Gasteiger partial charge in [0.25, 0.3) is 11.6 Å². The summed E-state index contributed by atoms with van der Waals surface area (Å²) in [5, 5.41) is 13.7. The highest BCUT2D eigenvalue weighted by Gasteiger charge is 2.21. The Labute approximate surface area is 126 Å². The fourth-order valence-electron chi connectivity index (χ4n) is 1.68. The zero-order valence-electron chi connectivity index (χ0n) is 11.7. The molecule has 4 N–H and O–H groups in total. The van der Waals surface area contributed by atoms with Gasteiger partial charge >= 0.3 is 0 Å². The number of nitro groups is 1. The van der Waals surface area contributed by atoms with Crippen molar-refractivity contribution < 1.29 is 14.5 Å². The van der Waals surface area contributed by atoms with Crippen LogP contribution in [0.25, 0.3) is 0 Å². The first kappa shape index (κ1) is 17.2. The van der Waals surface area contributed by atoms with Gasteiger partial charge in [-0.1, -0.05) is 11.6 Å². The van der Waals surface area contributed by atoms with Crippen LogP contribution in [-0.2, 0) is 4.74 Å². The van der Waals surface area contributed by atoms with Crippen molar-refractivity contribution in [2.75, 3.05) is 19.1 Å². The molecule has 0 saturated carbocycles. The summed E-state index contributed by atoms with van der Waals surface area (Å²) in [6.07, 6.45) is 0.626. The third-order valence-electron chi connectivity index (χ3n) is 2.81. The van der Waals surface area contributed by atoms with E-state index in [1.807, 2.05) is 6.92 Å². The fourth-order valence-corrected chi connectivity index (χ4v) is 1.95. The summed E-state index contributed by atoms with van der Waals surface area (Å²) >= 11 is 5.90. The molecule has 1 amide bonds. The first-order valence-corrected chi connectivity index (χ1v) is 6.52. The van der Waals surface area contributed by atoms with Gasteiger partial charge in [-0.3, -0.25) is 20.8 Å². The number of rotatable bonds is 7. The first-order chi connectivity index (χ1) is 9.90. The fraction of sp³-hybridized carbons (Fsp3) is 0.417. The van der Waals surface area contributed by atoms with Crippen molar-refractivity contribution in [1.82, 2.24) is 5.32 Å². The van der Waals surface area contributed by atoms with Crippen LogP contribution in [0.3, 0.4) is 0 Å². The Morgan fingerprint density at radius 1 is 1.57 bits per heavy atom. The molecule has 0 bridgehead atoms. The molecule has 0 fully saturated rings. The number of amides is 1. The average Bonchev–Trinajstić information content (AvgIpc) is 2.43. The van der Waals surface area contributed by atoms with Gasteiger partial charge in [0.05, 0.1) is 9.95 Å². The van der Waals surface area contributed by atoms with Crippen molar-refractivity contribution >= 4 is 28.9 Å². The molecule has 1 aromatic rings. The van der Waals surface area contributed by atoms with Crippen LogP contribution in [0.4, 0.5) is 11.4 Å². The van der Waals surface area contributed by atoms with Crippen molar-refractivity contribution in [3.8, 4) is 0 Å². The summed E-state index contributed by atoms with van der Waals surface area (Å²) in [6, 6.07) is 2.31. The standard InChI is InChI=1S/C12H17ClN4O4/c1-7(3-4-21-2)15-12(18)8-5-9(13)11(16-14)10(6-8)17(19)20/h5-7,16H,3-4,14H2,1-2H3,(H,15,18). The molecule has 1 aromatic carbocycles. The molecule has 1 atom stereocenters. The normalized spacial score (nSPS) is 11.8. The maximum Gasteiger partial charge on any atom is 0.295 e. The number of carbonyl (C=O) groups excluding carboxylic acids is 1. The molecule has 0 aliphatic rings. The molecule has 0 heterocycles. The van der Waals surface area contributed by atoms with Crippen LogP contribution in [0, 0.1) is 10.1 Å². The highest BCUT2D eigenvalue weighted by Crippen LogP contribution is 2.32. The summed E-state index contributed by atoms with van der Waals surface area (Å²) in [7, 11) is 1.57. The van der Waals surface area contributed by atoms with Crippen molar-refractivity contribution in [2.45, 2.75) is 19.4 Å². The number of hydrogen-bond acceptors (Lipinski definition) is 6. The molecule has 0 saturated heterocycles. The number of hydrazine groups is 1. The minimum Gasteiger partial charge on any atom is -0.385 e. The highest BCUT2D eigenvalue weighted by molar-refractivity contribution is 6.34. The lowest BCUT2D eigenvalue weighted by molar-refractivity contribution is -0.384. The van der Waals surface area contributed by atoms with E-state index in [1.165, 1.54) is 6.07 Å². The number of ether oxygens (including phenoxy) is 1. The molecular weight excluding hydrogens is 300 g/mol. The smallest absolute Gasteiger partial charge is 0.295 e. The Balaban J connectivity index is 2.98. The Morgan fingerprint density at radius 2 is 2.24 bits per heavy atom. The van der Waals surface area contributed by atoms with Crippen LogP contribution >= 0.6 is 11.6 Å². The molecule has 1 rings (SSSR count). The zero-order chi connectivity index (χ0) is 16.0. The number of halogens is 1. The van der Waals surface area contributed by atoms with Crippen LogP contribution < -0.4 is 16.6 Å². The predicted molar refractivity (Wildman–Crippen MR) is 79.3 cm³/mol. The Bertz CT molecular complexity index is 538. The number of benzene rings is 1. The molecule has 116 valence electrons. The molecule has 0 radical (unpaired) electrons. The Morgan fingerprint density at radius 3 is 2.76 bits per heavy atom. The monoisotopic (exact) mass is 316 g/mol. The number of anilines is 1. The number of nitrogen functional groups attached to an aromatic ring is 1. The van der Waals surface area contributed by atoms with Gasteiger partial charge < -0.3 is 15.5 Å². The van der Waals surface area contributed by atoms with Gasteiger partial charge in [0.15, 0.2) is 0 Å². The number of nitrogens with one attached hydrogen (secondary N) is 2. The molecule has 8 nitrogen and oxygen atoms in total. The minimum absolute atomic E-state index is 0.00129. The van der Waals surface area contributed by atoms with Crippen LogP contribution in [0.5, 0.6) is 0 Å². The number of hydrogen-bond donors (Lipinski definition) is 3. The van der Waals surface area contributed by atoms with Crippen LogP contribution in [0.15, 0.2) is 12.1 Å². The second-order valence-corrected chi connectivity index (χ2v) is 4.82. The van der Waals surface area contributed by atoms with E-state index in [0.717, 1.165) is 6.07 Å². The van der Waals surface area contributed by atoms with Crippen molar-refractivity contribution in [3.63, 3.8) is 0 Å². The highest BCUT2D eigenvalue weighted by atomic mass is 35.5. The maximum atomic E-state index is 12.1. The van der Waals surface area contributed by atoms with Gasteiger partial charge in [0.2, 0.25) is 0 Å². The molecule has 0 aromatic heterocycles. The quantitative estimate of drug-likeness (QED) is 0.400. The first-order valence-electron chi connectivity index (χ1n) is 6.15. The molecule has 0 spiro atoms. The molecule has 9 heteroatoms. The number of nitro benzene ring substituents is 1. The lowest BCUT2D eigenvalue weighted by atomic mass is 10.1. The largest absolute Gasteiger partial charge is 0.385 e. The third-order valence-corrected chi connectivity index (χ3v) is 3.10. The molecule has 0 aliphatic heterocycles. The van der Waals surface area contributed by atoms with Crippen molar-refractivity contribution in [3.05, 3.63) is 32.8 Å². The van der Waals surface area contributed by atoms with Gasteiger partial charge in [-0.25, -0.2) is 0 Å². The second-order valence-electron chi connectivity index (χ2n) is 4.41. The summed E-state index contributed by atoms with van der Waals surface area (Å²) in [5.74, 6) is 4.75. The van der Waals surface area contributed by atoms with E-state index in [1.54, 1.807) is 7.11 Å². The van der Waals surface area contributed by atoms with E-state index in [4.69, 9.17) is 22.2 Å². The summed E-state index contributed by atoms with van der Waals surface area (Å²) in [5.41, 5.74) is 1.85. The topological polar surface area (TPSA) is 120 Å². The summed E-state index contributed by atoms with van der Waals surface area (Å²) < 4.78 is 4.92. The van der Waals surface area contributed by atoms with E-state index in [2.05, 4.69) is 10.7 Å². The van der Waals surface area contributed by atoms with Gasteiger partial charge in [-0.15, -0.1) is 0 Å².